The molecular weight excluding hydrogens is 220 g/mol. The van der Waals surface area contributed by atoms with Gasteiger partial charge in [0.2, 0.25) is 0 Å². The molecule has 5 aliphatic rings. The zero-order valence-electron chi connectivity index (χ0n) is 9.69. The van der Waals surface area contributed by atoms with Crippen LogP contribution in [0.25, 0.3) is 0 Å². The maximum absolute atomic E-state index is 11.5. The van der Waals surface area contributed by atoms with E-state index in [2.05, 4.69) is 0 Å². The van der Waals surface area contributed by atoms with Gasteiger partial charge in [-0.15, -0.1) is 0 Å². The van der Waals surface area contributed by atoms with Crippen molar-refractivity contribution in [3.63, 3.8) is 0 Å². The van der Waals surface area contributed by atoms with E-state index in [0.29, 0.717) is 0 Å². The maximum atomic E-state index is 11.5. The Morgan fingerprint density at radius 2 is 1.29 bits per heavy atom. The van der Waals surface area contributed by atoms with Crippen LogP contribution in [0.15, 0.2) is 0 Å². The molecule has 4 heteroatoms. The molecular formula is C13H16O4. The SMILES string of the molecule is O=C1CC(=O)OC2(O1)[C@H]1C[C@H]3C[C@H](C1)C[C@H]2C3. The number of ether oxygens (including phenoxy) is 2. The van der Waals surface area contributed by atoms with E-state index >= 15 is 0 Å². The van der Waals surface area contributed by atoms with Crippen molar-refractivity contribution in [2.75, 3.05) is 0 Å². The van der Waals surface area contributed by atoms with E-state index in [-0.39, 0.29) is 18.3 Å². The zero-order valence-corrected chi connectivity index (χ0v) is 9.69. The van der Waals surface area contributed by atoms with Crippen molar-refractivity contribution >= 4 is 11.9 Å². The summed E-state index contributed by atoms with van der Waals surface area (Å²) in [5, 5.41) is 0. The molecule has 0 unspecified atom stereocenters. The Hall–Kier alpha value is -1.06. The van der Waals surface area contributed by atoms with Crippen molar-refractivity contribution in [1.82, 2.24) is 0 Å². The van der Waals surface area contributed by atoms with Crippen LogP contribution in [-0.4, -0.2) is 17.7 Å². The molecule has 0 amide bonds. The number of hydrogen-bond acceptors (Lipinski definition) is 4. The van der Waals surface area contributed by atoms with Gasteiger partial charge in [-0.1, -0.05) is 0 Å². The topological polar surface area (TPSA) is 52.6 Å². The highest BCUT2D eigenvalue weighted by atomic mass is 16.7. The predicted molar refractivity (Wildman–Crippen MR) is 56.6 cm³/mol. The Balaban J connectivity index is 1.72. The van der Waals surface area contributed by atoms with E-state index in [1.54, 1.807) is 0 Å². The van der Waals surface area contributed by atoms with E-state index in [9.17, 15) is 9.59 Å². The van der Waals surface area contributed by atoms with Gasteiger partial charge in [0.25, 0.3) is 5.79 Å². The lowest BCUT2D eigenvalue weighted by molar-refractivity contribution is -0.319. The summed E-state index contributed by atoms with van der Waals surface area (Å²) in [5.74, 6) is 0.381. The average Bonchev–Trinajstić information content (AvgIpc) is 2.24. The molecule has 4 nitrogen and oxygen atoms in total. The quantitative estimate of drug-likeness (QED) is 0.474. The van der Waals surface area contributed by atoms with Gasteiger partial charge in [-0.05, 0) is 43.9 Å². The molecule has 0 N–H and O–H groups in total. The Morgan fingerprint density at radius 3 is 1.76 bits per heavy atom. The van der Waals surface area contributed by atoms with E-state index in [0.717, 1.165) is 37.5 Å². The van der Waals surface area contributed by atoms with Crippen molar-refractivity contribution in [2.24, 2.45) is 23.7 Å². The Morgan fingerprint density at radius 1 is 0.824 bits per heavy atom. The highest BCUT2D eigenvalue weighted by Crippen LogP contribution is 2.60. The normalized spacial score (nSPS) is 45.9. The van der Waals surface area contributed by atoms with Crippen molar-refractivity contribution < 1.29 is 19.1 Å². The molecule has 1 heterocycles. The monoisotopic (exact) mass is 236 g/mol. The summed E-state index contributed by atoms with van der Waals surface area (Å²) in [5.41, 5.74) is 0. The van der Waals surface area contributed by atoms with Gasteiger partial charge >= 0.3 is 11.9 Å². The molecule has 5 rings (SSSR count). The smallest absolute Gasteiger partial charge is 0.320 e. The minimum Gasteiger partial charge on any atom is -0.421 e. The van der Waals surface area contributed by atoms with Gasteiger partial charge < -0.3 is 9.47 Å². The van der Waals surface area contributed by atoms with Crippen molar-refractivity contribution in [2.45, 2.75) is 44.3 Å². The van der Waals surface area contributed by atoms with Crippen LogP contribution in [0.1, 0.15) is 38.5 Å². The molecule has 92 valence electrons. The second kappa shape index (κ2) is 3.03. The number of hydrogen-bond donors (Lipinski definition) is 0. The summed E-state index contributed by atoms with van der Waals surface area (Å²) in [7, 11) is 0. The van der Waals surface area contributed by atoms with Crippen molar-refractivity contribution in [3.8, 4) is 0 Å². The van der Waals surface area contributed by atoms with Gasteiger partial charge in [0.1, 0.15) is 6.42 Å². The largest absolute Gasteiger partial charge is 0.421 e. The first kappa shape index (κ1) is 9.92. The fraction of sp³-hybridized carbons (Fsp3) is 0.846. The van der Waals surface area contributed by atoms with Crippen molar-refractivity contribution in [3.05, 3.63) is 0 Å². The average molecular weight is 236 g/mol. The van der Waals surface area contributed by atoms with Crippen molar-refractivity contribution in [1.29, 1.82) is 0 Å². The van der Waals surface area contributed by atoms with Crippen LogP contribution in [0, 0.1) is 23.7 Å². The summed E-state index contributed by atoms with van der Waals surface area (Å²) < 4.78 is 11.1. The number of carbonyl (C=O) groups is 2. The molecule has 0 aromatic heterocycles. The first-order chi connectivity index (χ1) is 8.15. The molecule has 0 aromatic carbocycles. The third-order valence-electron chi connectivity index (χ3n) is 5.11. The minimum atomic E-state index is -0.875. The second-order valence-corrected chi connectivity index (χ2v) is 6.15. The van der Waals surface area contributed by atoms with Gasteiger partial charge in [0.05, 0.1) is 0 Å². The van der Waals surface area contributed by atoms with Gasteiger partial charge in [-0.25, -0.2) is 0 Å². The predicted octanol–water partition coefficient (Wildman–Crippen LogP) is 1.63. The molecule has 0 atom stereocenters. The Bertz CT molecular complexity index is 354. The molecule has 4 aliphatic carbocycles. The molecule has 0 radical (unpaired) electrons. The number of esters is 2. The lowest BCUT2D eigenvalue weighted by Gasteiger charge is -2.59. The van der Waals surface area contributed by atoms with Crippen LogP contribution in [-0.2, 0) is 19.1 Å². The van der Waals surface area contributed by atoms with Crippen LogP contribution in [0.5, 0.6) is 0 Å². The first-order valence-electron chi connectivity index (χ1n) is 6.59. The summed E-state index contributed by atoms with van der Waals surface area (Å²) in [6.45, 7) is 0. The van der Waals surface area contributed by atoms with Gasteiger partial charge in [-0.2, -0.15) is 0 Å². The molecule has 1 aliphatic heterocycles. The van der Waals surface area contributed by atoms with E-state index in [1.807, 2.05) is 0 Å². The summed E-state index contributed by atoms with van der Waals surface area (Å²) in [6, 6.07) is 0. The maximum Gasteiger partial charge on any atom is 0.320 e. The van der Waals surface area contributed by atoms with Crippen LogP contribution in [0.2, 0.25) is 0 Å². The third-order valence-corrected chi connectivity index (χ3v) is 5.11. The summed E-state index contributed by atoms with van der Waals surface area (Å²) >= 11 is 0. The fourth-order valence-corrected chi connectivity index (χ4v) is 4.74. The standard InChI is InChI=1S/C13H16O4/c14-11-6-12(15)17-13(16-11)9-2-7-1-8(4-9)5-10(13)3-7/h7-10H,1-6H2/t7-,8-,9-,10+. The number of carbonyl (C=O) groups excluding carboxylic acids is 2. The first-order valence-corrected chi connectivity index (χ1v) is 6.59. The summed E-state index contributed by atoms with van der Waals surface area (Å²) in [4.78, 5) is 23.1. The van der Waals surface area contributed by atoms with Crippen LogP contribution in [0.3, 0.4) is 0 Å². The molecule has 0 aromatic rings. The molecule has 4 saturated carbocycles. The van der Waals surface area contributed by atoms with E-state index < -0.39 is 17.7 Å². The Labute approximate surface area is 99.6 Å². The van der Waals surface area contributed by atoms with Gasteiger partial charge in [-0.3, -0.25) is 9.59 Å². The molecule has 1 saturated heterocycles. The van der Waals surface area contributed by atoms with Crippen LogP contribution >= 0.6 is 0 Å². The van der Waals surface area contributed by atoms with Crippen LogP contribution < -0.4 is 0 Å². The second-order valence-electron chi connectivity index (χ2n) is 6.15. The molecule has 5 fully saturated rings. The zero-order chi connectivity index (χ0) is 11.6. The van der Waals surface area contributed by atoms with Gasteiger partial charge in [0.15, 0.2) is 0 Å². The van der Waals surface area contributed by atoms with E-state index in [1.165, 1.54) is 6.42 Å². The highest BCUT2D eigenvalue weighted by molar-refractivity contribution is 5.93. The molecule has 1 spiro atoms. The summed E-state index contributed by atoms with van der Waals surface area (Å²) in [6.07, 6.45) is 5.36. The Kier molecular flexibility index (Phi) is 1.77. The van der Waals surface area contributed by atoms with E-state index in [4.69, 9.17) is 9.47 Å². The number of rotatable bonds is 0. The minimum absolute atomic E-state index is 0.214. The highest BCUT2D eigenvalue weighted by Gasteiger charge is 2.63. The lowest BCUT2D eigenvalue weighted by Crippen LogP contribution is -2.63. The molecule has 4 bridgehead atoms. The fourth-order valence-electron chi connectivity index (χ4n) is 4.74. The third kappa shape index (κ3) is 1.24. The van der Waals surface area contributed by atoms with Gasteiger partial charge in [0, 0.05) is 11.8 Å². The lowest BCUT2D eigenvalue weighted by atomic mass is 9.53. The molecule has 17 heavy (non-hydrogen) atoms. The van der Waals surface area contributed by atoms with Crippen LogP contribution in [0.4, 0.5) is 0 Å².